The Bertz CT molecular complexity index is 1360. The highest BCUT2D eigenvalue weighted by Crippen LogP contribution is 2.35. The summed E-state index contributed by atoms with van der Waals surface area (Å²) >= 11 is 0. The van der Waals surface area contributed by atoms with Gasteiger partial charge in [-0.25, -0.2) is 19.6 Å². The summed E-state index contributed by atoms with van der Waals surface area (Å²) in [7, 11) is -1.20. The van der Waals surface area contributed by atoms with Gasteiger partial charge in [0.25, 0.3) is 0 Å². The van der Waals surface area contributed by atoms with E-state index in [1.807, 2.05) is 37.6 Å². The van der Waals surface area contributed by atoms with Gasteiger partial charge in [0, 0.05) is 51.6 Å². The molecule has 0 bridgehead atoms. The van der Waals surface area contributed by atoms with Crippen molar-refractivity contribution in [3.8, 4) is 11.5 Å². The van der Waals surface area contributed by atoms with Crippen LogP contribution in [-0.2, 0) is 20.9 Å². The lowest BCUT2D eigenvalue weighted by atomic mass is 10.0. The molecule has 41 heavy (non-hydrogen) atoms. The van der Waals surface area contributed by atoms with Crippen molar-refractivity contribution in [2.24, 2.45) is 0 Å². The molecule has 0 radical (unpaired) electrons. The zero-order chi connectivity index (χ0) is 29.8. The van der Waals surface area contributed by atoms with Gasteiger partial charge >= 0.3 is 12.1 Å². The van der Waals surface area contributed by atoms with Crippen LogP contribution < -0.4 is 5.32 Å². The SMILES string of the molecule is CCOC(=O)c1cnc(-c2cnc3c(ccn3COCC[Si](C)(C)C)c2N[C@@H]2CCCN(C(=O)OC(C)(C)C)C2)o1. The van der Waals surface area contributed by atoms with Gasteiger partial charge in [0.05, 0.1) is 24.1 Å². The molecule has 4 rings (SSSR count). The van der Waals surface area contributed by atoms with E-state index in [1.165, 1.54) is 6.20 Å². The van der Waals surface area contributed by atoms with E-state index in [0.717, 1.165) is 35.6 Å². The van der Waals surface area contributed by atoms with E-state index >= 15 is 0 Å². The number of likely N-dealkylation sites (tertiary alicyclic amines) is 1. The van der Waals surface area contributed by atoms with Crippen molar-refractivity contribution in [1.29, 1.82) is 0 Å². The largest absolute Gasteiger partial charge is 0.460 e. The zero-order valence-electron chi connectivity index (χ0n) is 25.3. The van der Waals surface area contributed by atoms with E-state index in [2.05, 4.69) is 29.9 Å². The number of ether oxygens (including phenoxy) is 3. The molecule has 11 nitrogen and oxygen atoms in total. The molecule has 1 atom stereocenters. The molecule has 1 saturated heterocycles. The summed E-state index contributed by atoms with van der Waals surface area (Å²) < 4.78 is 24.5. The van der Waals surface area contributed by atoms with Crippen molar-refractivity contribution in [2.45, 2.75) is 84.6 Å². The number of fused-ring (bicyclic) bond motifs is 1. The lowest BCUT2D eigenvalue weighted by Crippen LogP contribution is -2.47. The van der Waals surface area contributed by atoms with Crippen molar-refractivity contribution in [2.75, 3.05) is 31.6 Å². The summed E-state index contributed by atoms with van der Waals surface area (Å²) in [4.78, 5) is 35.9. The molecule has 0 aliphatic carbocycles. The predicted molar refractivity (Wildman–Crippen MR) is 160 cm³/mol. The van der Waals surface area contributed by atoms with Gasteiger partial charge in [0.1, 0.15) is 18.0 Å². The van der Waals surface area contributed by atoms with Gasteiger partial charge in [0.15, 0.2) is 0 Å². The van der Waals surface area contributed by atoms with Crippen molar-refractivity contribution in [3.63, 3.8) is 0 Å². The minimum Gasteiger partial charge on any atom is -0.460 e. The molecule has 3 aromatic rings. The number of carbonyl (C=O) groups is 2. The Labute approximate surface area is 242 Å². The molecule has 1 N–H and O–H groups in total. The highest BCUT2D eigenvalue weighted by molar-refractivity contribution is 6.76. The zero-order valence-corrected chi connectivity index (χ0v) is 26.3. The van der Waals surface area contributed by atoms with Crippen molar-refractivity contribution < 1.29 is 28.2 Å². The fraction of sp³-hybridized carbons (Fsp3) is 0.586. The highest BCUT2D eigenvalue weighted by Gasteiger charge is 2.29. The van der Waals surface area contributed by atoms with Crippen molar-refractivity contribution in [1.82, 2.24) is 19.4 Å². The number of piperidine rings is 1. The molecule has 0 spiro atoms. The van der Waals surface area contributed by atoms with Crippen LogP contribution in [0.15, 0.2) is 29.1 Å². The average molecular weight is 586 g/mol. The molecular formula is C29H43N5O6Si. The molecular weight excluding hydrogens is 542 g/mol. The summed E-state index contributed by atoms with van der Waals surface area (Å²) in [5.74, 6) is -0.296. The topological polar surface area (TPSA) is 121 Å². The van der Waals surface area contributed by atoms with Gasteiger partial charge in [-0.2, -0.15) is 0 Å². The third kappa shape index (κ3) is 8.10. The van der Waals surface area contributed by atoms with Crippen LogP contribution in [-0.4, -0.2) is 77.5 Å². The summed E-state index contributed by atoms with van der Waals surface area (Å²) in [6.07, 6.45) is 6.38. The number of hydrogen-bond acceptors (Lipinski definition) is 9. The van der Waals surface area contributed by atoms with Gasteiger partial charge < -0.3 is 33.4 Å². The van der Waals surface area contributed by atoms with E-state index < -0.39 is 19.6 Å². The second-order valence-electron chi connectivity index (χ2n) is 12.6. The highest BCUT2D eigenvalue weighted by atomic mass is 28.3. The lowest BCUT2D eigenvalue weighted by Gasteiger charge is -2.35. The third-order valence-corrected chi connectivity index (χ3v) is 8.35. The van der Waals surface area contributed by atoms with Crippen LogP contribution in [0, 0.1) is 0 Å². The quantitative estimate of drug-likeness (QED) is 0.174. The average Bonchev–Trinajstić information content (AvgIpc) is 3.54. The Morgan fingerprint density at radius 1 is 1.20 bits per heavy atom. The first kappa shape index (κ1) is 30.6. The number of nitrogens with zero attached hydrogens (tertiary/aromatic N) is 4. The normalized spacial score (nSPS) is 16.2. The van der Waals surface area contributed by atoms with Crippen LogP contribution in [0.4, 0.5) is 10.5 Å². The van der Waals surface area contributed by atoms with Gasteiger partial charge in [0.2, 0.25) is 11.7 Å². The Morgan fingerprint density at radius 2 is 1.98 bits per heavy atom. The molecule has 1 fully saturated rings. The van der Waals surface area contributed by atoms with E-state index in [1.54, 1.807) is 18.0 Å². The fourth-order valence-electron chi connectivity index (χ4n) is 4.59. The number of hydrogen-bond donors (Lipinski definition) is 1. The first-order valence-electron chi connectivity index (χ1n) is 14.3. The molecule has 224 valence electrons. The number of carbonyl (C=O) groups excluding carboxylic acids is 2. The summed E-state index contributed by atoms with van der Waals surface area (Å²) in [5.41, 5.74) is 1.56. The first-order chi connectivity index (χ1) is 19.3. The Hall–Kier alpha value is -3.38. The molecule has 3 aromatic heterocycles. The fourth-order valence-corrected chi connectivity index (χ4v) is 5.34. The smallest absolute Gasteiger partial charge is 0.410 e. The number of nitrogens with one attached hydrogen (secondary N) is 1. The summed E-state index contributed by atoms with van der Waals surface area (Å²) in [5, 5.41) is 4.51. The molecule has 4 heterocycles. The van der Waals surface area contributed by atoms with Crippen LogP contribution in [0.3, 0.4) is 0 Å². The number of pyridine rings is 1. The molecule has 0 aromatic carbocycles. The van der Waals surface area contributed by atoms with Gasteiger partial charge in [-0.3, -0.25) is 0 Å². The van der Waals surface area contributed by atoms with E-state index in [-0.39, 0.29) is 30.4 Å². The molecule has 0 unspecified atom stereocenters. The van der Waals surface area contributed by atoms with Crippen molar-refractivity contribution in [3.05, 3.63) is 30.4 Å². The maximum atomic E-state index is 12.8. The predicted octanol–water partition coefficient (Wildman–Crippen LogP) is 5.99. The standard InChI is InChI=1S/C29H43N5O6Si/c1-8-38-27(35)23-17-31-26(39-23)22-16-30-25-21(11-13-34(25)19-37-14-15-41(5,6)7)24(22)32-20-10-9-12-33(18-20)28(36)40-29(2,3)4/h11,13,16-17,20H,8-10,12,14-15,18-19H2,1-7H3,(H,30,32)/t20-/m1/s1. The van der Waals surface area contributed by atoms with Crippen LogP contribution in [0.5, 0.6) is 0 Å². The van der Waals surface area contributed by atoms with E-state index in [4.69, 9.17) is 23.6 Å². The van der Waals surface area contributed by atoms with Gasteiger partial charge in [-0.1, -0.05) is 19.6 Å². The number of amides is 1. The van der Waals surface area contributed by atoms with E-state index in [0.29, 0.717) is 32.0 Å². The van der Waals surface area contributed by atoms with Crippen LogP contribution in [0.2, 0.25) is 25.7 Å². The van der Waals surface area contributed by atoms with Gasteiger partial charge in [-0.15, -0.1) is 0 Å². The summed E-state index contributed by atoms with van der Waals surface area (Å²) in [6.45, 7) is 16.8. The van der Waals surface area contributed by atoms with Crippen LogP contribution in [0.25, 0.3) is 22.5 Å². The maximum Gasteiger partial charge on any atom is 0.410 e. The molecule has 1 aliphatic rings. The number of oxazole rings is 1. The first-order valence-corrected chi connectivity index (χ1v) is 18.0. The molecule has 0 saturated carbocycles. The van der Waals surface area contributed by atoms with Crippen LogP contribution in [0.1, 0.15) is 51.1 Å². The molecule has 12 heteroatoms. The maximum absolute atomic E-state index is 12.8. The molecule has 1 amide bonds. The van der Waals surface area contributed by atoms with Gasteiger partial charge in [-0.05, 0) is 52.6 Å². The Balaban J connectivity index is 1.63. The number of rotatable bonds is 10. The minimum atomic E-state index is -1.20. The van der Waals surface area contributed by atoms with E-state index in [9.17, 15) is 9.59 Å². The number of anilines is 1. The second-order valence-corrected chi connectivity index (χ2v) is 18.2. The molecule has 1 aliphatic heterocycles. The van der Waals surface area contributed by atoms with Crippen LogP contribution >= 0.6 is 0 Å². The number of esters is 1. The number of aromatic nitrogens is 3. The third-order valence-electron chi connectivity index (χ3n) is 6.65. The Kier molecular flexibility index (Phi) is 9.43. The van der Waals surface area contributed by atoms with Crippen molar-refractivity contribution >= 4 is 36.9 Å². The Morgan fingerprint density at radius 3 is 2.68 bits per heavy atom. The summed E-state index contributed by atoms with van der Waals surface area (Å²) in [6, 6.07) is 3.02. The second kappa shape index (κ2) is 12.6. The minimum absolute atomic E-state index is 0.0232. The monoisotopic (exact) mass is 585 g/mol. The lowest BCUT2D eigenvalue weighted by molar-refractivity contribution is 0.0206.